The molecule has 0 aliphatic heterocycles. The molecule has 0 radical (unpaired) electrons. The number of nitrogens with zero attached hydrogens (tertiary/aromatic N) is 2. The highest BCUT2D eigenvalue weighted by molar-refractivity contribution is 6.13. The summed E-state index contributed by atoms with van der Waals surface area (Å²) in [4.78, 5) is 29.7. The first kappa shape index (κ1) is 21.0. The lowest BCUT2D eigenvalue weighted by atomic mass is 10.0. The van der Waals surface area contributed by atoms with Gasteiger partial charge in [-0.2, -0.15) is 5.26 Å². The lowest BCUT2D eigenvalue weighted by molar-refractivity contribution is 0.509. The molecule has 0 atom stereocenters. The van der Waals surface area contributed by atoms with Gasteiger partial charge >= 0.3 is 0 Å². The predicted octanol–water partition coefficient (Wildman–Crippen LogP) is 5.90. The van der Waals surface area contributed by atoms with Crippen LogP contribution in [0.1, 0.15) is 5.56 Å². The fraction of sp³-hybridized carbons (Fsp3) is 0. The van der Waals surface area contributed by atoms with Gasteiger partial charge in [0.05, 0.1) is 12.1 Å². The standard InChI is InChI=1S/C26H8F4N2O2/c1-32-24-14-8-13-15(9-16(14)26(34)23(24)12-3-5-19(28)21(30)7-12)25(33)22(17(13)10-31)11-2-4-18(27)20(29)6-11/h2-9H. The van der Waals surface area contributed by atoms with Gasteiger partial charge in [0.25, 0.3) is 0 Å². The molecule has 34 heavy (non-hydrogen) atoms. The summed E-state index contributed by atoms with van der Waals surface area (Å²) < 4.78 is 54.3. The quantitative estimate of drug-likeness (QED) is 0.245. The van der Waals surface area contributed by atoms with Crippen LogP contribution in [0.25, 0.3) is 48.6 Å². The Kier molecular flexibility index (Phi) is 4.56. The maximum atomic E-state index is 13.8. The molecule has 0 heterocycles. The van der Waals surface area contributed by atoms with Crippen LogP contribution in [0.4, 0.5) is 23.2 Å². The van der Waals surface area contributed by atoms with Crippen molar-refractivity contribution in [1.82, 2.24) is 0 Å². The van der Waals surface area contributed by atoms with E-state index in [0.717, 1.165) is 24.3 Å². The van der Waals surface area contributed by atoms with Crippen LogP contribution in [0.5, 0.6) is 0 Å². The van der Waals surface area contributed by atoms with Crippen molar-refractivity contribution in [1.29, 1.82) is 5.26 Å². The molecule has 0 bridgehead atoms. The summed E-state index contributed by atoms with van der Waals surface area (Å²) in [6.07, 6.45) is 0. The molecule has 0 aliphatic carbocycles. The normalized spacial score (nSPS) is 11.1. The summed E-state index contributed by atoms with van der Waals surface area (Å²) in [6.45, 7) is 7.57. The smallest absolute Gasteiger partial charge is 0.206 e. The number of hydrogen-bond acceptors (Lipinski definition) is 3. The van der Waals surface area contributed by atoms with Crippen molar-refractivity contribution in [3.63, 3.8) is 0 Å². The minimum Gasteiger partial charge on any atom is -0.290 e. The van der Waals surface area contributed by atoms with Gasteiger partial charge in [0.1, 0.15) is 6.07 Å². The average Bonchev–Trinajstić information content (AvgIpc) is 3.26. The number of halogens is 4. The summed E-state index contributed by atoms with van der Waals surface area (Å²) in [5, 5.41) is 9.99. The van der Waals surface area contributed by atoms with Crippen molar-refractivity contribution < 1.29 is 17.6 Å². The molecule has 8 heteroatoms. The molecule has 0 amide bonds. The van der Waals surface area contributed by atoms with Gasteiger partial charge < -0.3 is 0 Å². The van der Waals surface area contributed by atoms with E-state index < -0.39 is 34.1 Å². The average molecular weight is 456 g/mol. The van der Waals surface area contributed by atoms with Gasteiger partial charge in [0.15, 0.2) is 34.1 Å². The first-order valence-corrected chi connectivity index (χ1v) is 9.72. The maximum Gasteiger partial charge on any atom is 0.206 e. The van der Waals surface area contributed by atoms with Gasteiger partial charge in [-0.3, -0.25) is 9.59 Å². The van der Waals surface area contributed by atoms with E-state index in [0.29, 0.717) is 0 Å². The third-order valence-corrected chi connectivity index (χ3v) is 5.75. The SMILES string of the molecule is [C-]#[N+]c1c(-c2ccc(F)c(F)c2)c(=O)c2cc3c(=O)c(-c4ccc(F)c(F)c4)c(C#N)c3cc12. The summed E-state index contributed by atoms with van der Waals surface area (Å²) in [6, 6.07) is 10.1. The topological polar surface area (TPSA) is 62.3 Å². The molecule has 0 spiro atoms. The van der Waals surface area contributed by atoms with Crippen molar-refractivity contribution in [2.24, 2.45) is 0 Å². The molecular weight excluding hydrogens is 448 g/mol. The largest absolute Gasteiger partial charge is 0.290 e. The number of rotatable bonds is 2. The molecule has 0 saturated heterocycles. The van der Waals surface area contributed by atoms with Gasteiger partial charge in [-0.1, -0.05) is 18.2 Å². The van der Waals surface area contributed by atoms with Crippen molar-refractivity contribution >= 4 is 27.2 Å². The van der Waals surface area contributed by atoms with Crippen LogP contribution in [0.3, 0.4) is 0 Å². The van der Waals surface area contributed by atoms with Crippen LogP contribution in [0.2, 0.25) is 0 Å². The summed E-state index contributed by atoms with van der Waals surface area (Å²) in [5.41, 5.74) is -1.90. The third kappa shape index (κ3) is 2.83. The van der Waals surface area contributed by atoms with Gasteiger partial charge in [-0.15, -0.1) is 0 Å². The van der Waals surface area contributed by atoms with Crippen LogP contribution in [0.15, 0.2) is 58.1 Å². The van der Waals surface area contributed by atoms with Crippen LogP contribution in [-0.4, -0.2) is 0 Å². The monoisotopic (exact) mass is 456 g/mol. The zero-order valence-corrected chi connectivity index (χ0v) is 16.8. The van der Waals surface area contributed by atoms with Crippen LogP contribution in [0, 0.1) is 41.2 Å². The maximum absolute atomic E-state index is 13.8. The summed E-state index contributed by atoms with van der Waals surface area (Å²) in [7, 11) is 0. The fourth-order valence-electron chi connectivity index (χ4n) is 4.22. The van der Waals surface area contributed by atoms with E-state index in [2.05, 4.69) is 4.85 Å². The highest BCUT2D eigenvalue weighted by Gasteiger charge is 2.25. The molecule has 0 fully saturated rings. The first-order valence-electron chi connectivity index (χ1n) is 9.72. The molecule has 4 nitrogen and oxygen atoms in total. The number of hydrogen-bond donors (Lipinski definition) is 0. The van der Waals surface area contributed by atoms with E-state index in [1.54, 1.807) is 0 Å². The second-order valence-electron chi connectivity index (χ2n) is 7.56. The molecule has 0 aromatic heterocycles. The Hall–Kier alpha value is -4.82. The zero-order valence-electron chi connectivity index (χ0n) is 16.8. The highest BCUT2D eigenvalue weighted by Crippen LogP contribution is 2.40. The lowest BCUT2D eigenvalue weighted by Crippen LogP contribution is -2.02. The van der Waals surface area contributed by atoms with E-state index in [1.165, 1.54) is 24.3 Å². The van der Waals surface area contributed by atoms with Crippen molar-refractivity contribution in [3.05, 3.63) is 109 Å². The van der Waals surface area contributed by atoms with E-state index in [9.17, 15) is 32.4 Å². The Balaban J connectivity index is 1.87. The molecule has 5 aromatic rings. The number of benzene rings is 3. The summed E-state index contributed by atoms with van der Waals surface area (Å²) >= 11 is 0. The van der Waals surface area contributed by atoms with E-state index in [-0.39, 0.29) is 55.0 Å². The van der Waals surface area contributed by atoms with Gasteiger partial charge in [-0.05, 0) is 46.8 Å². The van der Waals surface area contributed by atoms with Crippen molar-refractivity contribution in [3.8, 4) is 28.3 Å². The molecule has 162 valence electrons. The van der Waals surface area contributed by atoms with E-state index in [4.69, 9.17) is 6.57 Å². The van der Waals surface area contributed by atoms with Gasteiger partial charge in [0.2, 0.25) is 5.69 Å². The summed E-state index contributed by atoms with van der Waals surface area (Å²) in [5.74, 6) is -4.62. The van der Waals surface area contributed by atoms with Crippen LogP contribution < -0.4 is 10.9 Å². The Morgan fingerprint density at radius 1 is 0.676 bits per heavy atom. The van der Waals surface area contributed by atoms with Gasteiger partial charge in [-0.25, -0.2) is 22.4 Å². The molecule has 0 aliphatic rings. The molecular formula is C26H8F4N2O2. The van der Waals surface area contributed by atoms with E-state index in [1.807, 2.05) is 6.07 Å². The Bertz CT molecular complexity index is 1740. The second-order valence-corrected chi connectivity index (χ2v) is 7.56. The zero-order chi connectivity index (χ0) is 24.3. The minimum atomic E-state index is -1.20. The van der Waals surface area contributed by atoms with Gasteiger partial charge in [0, 0.05) is 27.3 Å². The minimum absolute atomic E-state index is 0.00360. The lowest BCUT2D eigenvalue weighted by Gasteiger charge is -2.00. The van der Waals surface area contributed by atoms with Crippen molar-refractivity contribution in [2.75, 3.05) is 0 Å². The molecule has 5 rings (SSSR count). The molecule has 0 unspecified atom stereocenters. The number of fused-ring (bicyclic) bond motifs is 2. The molecule has 0 N–H and O–H groups in total. The van der Waals surface area contributed by atoms with Crippen LogP contribution >= 0.6 is 0 Å². The fourth-order valence-corrected chi connectivity index (χ4v) is 4.22. The predicted molar refractivity (Wildman–Crippen MR) is 118 cm³/mol. The molecule has 5 aromatic carbocycles. The van der Waals surface area contributed by atoms with E-state index >= 15 is 0 Å². The third-order valence-electron chi connectivity index (χ3n) is 5.75. The number of nitriles is 1. The van der Waals surface area contributed by atoms with Crippen LogP contribution in [-0.2, 0) is 0 Å². The second kappa shape index (κ2) is 7.36. The Morgan fingerprint density at radius 3 is 1.71 bits per heavy atom. The van der Waals surface area contributed by atoms with Crippen molar-refractivity contribution in [2.45, 2.75) is 0 Å². The Labute approximate surface area is 188 Å². The first-order chi connectivity index (χ1) is 16.3. The molecule has 0 saturated carbocycles. The Morgan fingerprint density at radius 2 is 1.18 bits per heavy atom. The highest BCUT2D eigenvalue weighted by atomic mass is 19.2.